The van der Waals surface area contributed by atoms with E-state index in [1.165, 1.54) is 0 Å². The van der Waals surface area contributed by atoms with Crippen molar-refractivity contribution in [3.05, 3.63) is 33.9 Å². The molecule has 7 nitrogen and oxygen atoms in total. The van der Waals surface area contributed by atoms with Crippen LogP contribution in [0.25, 0.3) is 0 Å². The highest BCUT2D eigenvalue weighted by Gasteiger charge is 2.18. The van der Waals surface area contributed by atoms with E-state index in [4.69, 9.17) is 9.47 Å². The minimum Gasteiger partial charge on any atom is -0.379 e. The Balaban J connectivity index is 1.81. The number of ether oxygens (including phenoxy) is 2. The minimum atomic E-state index is -0.313. The standard InChI is InChI=1S/C15H21N3O4/c19-18(20)15-10-13(12-16-1-5-21-6-2-16)9-14(11-15)17-3-7-22-8-4-17/h9-11H,1-8,12H2. The third-order valence-corrected chi connectivity index (χ3v) is 4.06. The van der Waals surface area contributed by atoms with Crippen molar-refractivity contribution in [1.29, 1.82) is 0 Å². The van der Waals surface area contributed by atoms with Gasteiger partial charge in [-0.05, 0) is 11.6 Å². The van der Waals surface area contributed by atoms with E-state index in [-0.39, 0.29) is 10.6 Å². The van der Waals surface area contributed by atoms with Gasteiger partial charge in [0, 0.05) is 50.5 Å². The summed E-state index contributed by atoms with van der Waals surface area (Å²) in [6.45, 7) is 6.81. The number of nitro groups is 1. The Morgan fingerprint density at radius 2 is 1.64 bits per heavy atom. The van der Waals surface area contributed by atoms with E-state index in [0.29, 0.717) is 13.2 Å². The number of anilines is 1. The van der Waals surface area contributed by atoms with E-state index in [1.807, 2.05) is 0 Å². The third-order valence-electron chi connectivity index (χ3n) is 4.06. The Morgan fingerprint density at radius 3 is 2.27 bits per heavy atom. The SMILES string of the molecule is O=[N+]([O-])c1cc(CN2CCOCC2)cc(N2CCOCC2)c1. The van der Waals surface area contributed by atoms with Crippen LogP contribution in [-0.2, 0) is 16.0 Å². The molecule has 0 amide bonds. The molecule has 0 N–H and O–H groups in total. The lowest BCUT2D eigenvalue weighted by molar-refractivity contribution is -0.384. The van der Waals surface area contributed by atoms with Crippen molar-refractivity contribution >= 4 is 11.4 Å². The zero-order chi connectivity index (χ0) is 15.4. The molecule has 2 aliphatic rings. The monoisotopic (exact) mass is 307 g/mol. The maximum absolute atomic E-state index is 11.2. The van der Waals surface area contributed by atoms with E-state index in [9.17, 15) is 10.1 Å². The zero-order valence-corrected chi connectivity index (χ0v) is 12.6. The van der Waals surface area contributed by atoms with Crippen LogP contribution in [0.4, 0.5) is 11.4 Å². The van der Waals surface area contributed by atoms with Gasteiger partial charge >= 0.3 is 0 Å². The van der Waals surface area contributed by atoms with Crippen LogP contribution in [0.5, 0.6) is 0 Å². The summed E-state index contributed by atoms with van der Waals surface area (Å²) in [5.74, 6) is 0. The molecular weight excluding hydrogens is 286 g/mol. The zero-order valence-electron chi connectivity index (χ0n) is 12.6. The lowest BCUT2D eigenvalue weighted by atomic mass is 10.1. The van der Waals surface area contributed by atoms with Crippen molar-refractivity contribution in [2.45, 2.75) is 6.54 Å². The largest absolute Gasteiger partial charge is 0.379 e. The van der Waals surface area contributed by atoms with E-state index in [0.717, 1.165) is 57.2 Å². The van der Waals surface area contributed by atoms with Gasteiger partial charge in [0.2, 0.25) is 0 Å². The maximum Gasteiger partial charge on any atom is 0.271 e. The molecule has 22 heavy (non-hydrogen) atoms. The smallest absolute Gasteiger partial charge is 0.271 e. The molecule has 0 aliphatic carbocycles. The average molecular weight is 307 g/mol. The van der Waals surface area contributed by atoms with Gasteiger partial charge in [-0.25, -0.2) is 0 Å². The van der Waals surface area contributed by atoms with Crippen LogP contribution in [0, 0.1) is 10.1 Å². The second-order valence-electron chi connectivity index (χ2n) is 5.60. The molecule has 0 spiro atoms. The van der Waals surface area contributed by atoms with Gasteiger partial charge in [0.1, 0.15) is 0 Å². The summed E-state index contributed by atoms with van der Waals surface area (Å²) in [6, 6.07) is 5.40. The molecule has 0 atom stereocenters. The number of non-ortho nitro benzene ring substituents is 1. The fourth-order valence-electron chi connectivity index (χ4n) is 2.87. The Morgan fingerprint density at radius 1 is 1.00 bits per heavy atom. The summed E-state index contributed by atoms with van der Waals surface area (Å²) in [6.07, 6.45) is 0. The number of rotatable bonds is 4. The van der Waals surface area contributed by atoms with E-state index in [1.54, 1.807) is 12.1 Å². The van der Waals surface area contributed by atoms with Gasteiger partial charge in [-0.3, -0.25) is 15.0 Å². The van der Waals surface area contributed by atoms with Crippen LogP contribution >= 0.6 is 0 Å². The topological polar surface area (TPSA) is 68.1 Å². The first-order valence-corrected chi connectivity index (χ1v) is 7.63. The van der Waals surface area contributed by atoms with Crippen molar-refractivity contribution < 1.29 is 14.4 Å². The van der Waals surface area contributed by atoms with Crippen LogP contribution in [0.15, 0.2) is 18.2 Å². The summed E-state index contributed by atoms with van der Waals surface area (Å²) in [4.78, 5) is 15.3. The lowest BCUT2D eigenvalue weighted by Gasteiger charge is -2.30. The highest BCUT2D eigenvalue weighted by atomic mass is 16.6. The molecule has 2 aliphatic heterocycles. The Kier molecular flexibility index (Phi) is 4.87. The summed E-state index contributed by atoms with van der Waals surface area (Å²) in [5, 5.41) is 11.2. The van der Waals surface area contributed by atoms with Crippen LogP contribution in [0.1, 0.15) is 5.56 Å². The second-order valence-corrected chi connectivity index (χ2v) is 5.60. The first-order chi connectivity index (χ1) is 10.7. The van der Waals surface area contributed by atoms with Crippen molar-refractivity contribution in [2.75, 3.05) is 57.5 Å². The number of morpholine rings is 2. The third kappa shape index (κ3) is 3.73. The van der Waals surface area contributed by atoms with Gasteiger partial charge in [0.05, 0.1) is 31.4 Å². The molecule has 120 valence electrons. The second kappa shape index (κ2) is 7.04. The Hall–Kier alpha value is -1.70. The molecule has 1 aromatic rings. The molecule has 0 bridgehead atoms. The predicted octanol–water partition coefficient (Wildman–Crippen LogP) is 1.26. The molecule has 0 aromatic heterocycles. The van der Waals surface area contributed by atoms with Crippen LogP contribution < -0.4 is 4.90 Å². The quantitative estimate of drug-likeness (QED) is 0.616. The predicted molar refractivity (Wildman–Crippen MR) is 82.2 cm³/mol. The fraction of sp³-hybridized carbons (Fsp3) is 0.600. The molecule has 2 saturated heterocycles. The summed E-state index contributed by atoms with van der Waals surface area (Å²) >= 11 is 0. The Bertz CT molecular complexity index is 526. The van der Waals surface area contributed by atoms with E-state index >= 15 is 0 Å². The first-order valence-electron chi connectivity index (χ1n) is 7.63. The molecule has 0 radical (unpaired) electrons. The van der Waals surface area contributed by atoms with E-state index < -0.39 is 0 Å². The summed E-state index contributed by atoms with van der Waals surface area (Å²) in [5.41, 5.74) is 2.06. The highest BCUT2D eigenvalue weighted by Crippen LogP contribution is 2.26. The number of hydrogen-bond acceptors (Lipinski definition) is 6. The van der Waals surface area contributed by atoms with Crippen LogP contribution in [0.3, 0.4) is 0 Å². The lowest BCUT2D eigenvalue weighted by Crippen LogP contribution is -2.37. The van der Waals surface area contributed by atoms with Gasteiger partial charge in [-0.15, -0.1) is 0 Å². The molecule has 0 saturated carbocycles. The van der Waals surface area contributed by atoms with Crippen LogP contribution in [-0.4, -0.2) is 62.4 Å². The molecule has 0 unspecified atom stereocenters. The van der Waals surface area contributed by atoms with Gasteiger partial charge in [-0.1, -0.05) is 0 Å². The number of nitrogens with zero attached hydrogens (tertiary/aromatic N) is 3. The highest BCUT2D eigenvalue weighted by molar-refractivity contribution is 5.56. The molecule has 2 heterocycles. The number of hydrogen-bond donors (Lipinski definition) is 0. The molecule has 7 heteroatoms. The van der Waals surface area contributed by atoms with Crippen molar-refractivity contribution in [2.24, 2.45) is 0 Å². The number of benzene rings is 1. The summed E-state index contributed by atoms with van der Waals surface area (Å²) < 4.78 is 10.7. The van der Waals surface area contributed by atoms with Gasteiger partial charge < -0.3 is 14.4 Å². The molecule has 1 aromatic carbocycles. The average Bonchev–Trinajstić information content (AvgIpc) is 2.56. The fourth-order valence-corrected chi connectivity index (χ4v) is 2.87. The van der Waals surface area contributed by atoms with E-state index in [2.05, 4.69) is 15.9 Å². The van der Waals surface area contributed by atoms with Gasteiger partial charge in [0.15, 0.2) is 0 Å². The Labute approximate surface area is 129 Å². The molecular formula is C15H21N3O4. The van der Waals surface area contributed by atoms with Crippen molar-refractivity contribution in [3.8, 4) is 0 Å². The maximum atomic E-state index is 11.2. The summed E-state index contributed by atoms with van der Waals surface area (Å²) in [7, 11) is 0. The molecule has 2 fully saturated rings. The van der Waals surface area contributed by atoms with Crippen molar-refractivity contribution in [1.82, 2.24) is 4.90 Å². The first kappa shape index (κ1) is 15.2. The normalized spacial score (nSPS) is 20.1. The van der Waals surface area contributed by atoms with Crippen molar-refractivity contribution in [3.63, 3.8) is 0 Å². The number of nitro benzene ring substituents is 1. The minimum absolute atomic E-state index is 0.159. The van der Waals surface area contributed by atoms with Gasteiger partial charge in [0.25, 0.3) is 5.69 Å². The molecule has 3 rings (SSSR count). The van der Waals surface area contributed by atoms with Gasteiger partial charge in [-0.2, -0.15) is 0 Å². The van der Waals surface area contributed by atoms with Crippen LogP contribution in [0.2, 0.25) is 0 Å².